The van der Waals surface area contributed by atoms with Crippen LogP contribution < -0.4 is 0 Å². The van der Waals surface area contributed by atoms with Gasteiger partial charge in [0.1, 0.15) is 0 Å². The molecule has 0 saturated heterocycles. The Kier molecular flexibility index (Phi) is 5.05. The molecule has 0 bridgehead atoms. The van der Waals surface area contributed by atoms with Crippen LogP contribution in [0.3, 0.4) is 0 Å². The summed E-state index contributed by atoms with van der Waals surface area (Å²) in [6.45, 7) is 5.80. The average molecular weight is 274 g/mol. The molecule has 0 saturated carbocycles. The lowest BCUT2D eigenvalue weighted by Gasteiger charge is -2.04. The molecule has 2 rings (SSSR count). The van der Waals surface area contributed by atoms with Crippen LogP contribution in [0, 0.1) is 0 Å². The summed E-state index contributed by atoms with van der Waals surface area (Å²) in [5, 5.41) is 0. The molecular weight excluding hydrogens is 256 g/mol. The first-order chi connectivity index (χ1) is 10.3. The number of hydrogen-bond donors (Lipinski definition) is 0. The fraction of sp³-hybridized carbons (Fsp3) is 0.0500. The minimum atomic E-state index is 0.0414. The highest BCUT2D eigenvalue weighted by Crippen LogP contribution is 2.18. The second-order valence-electron chi connectivity index (χ2n) is 4.62. The van der Waals surface area contributed by atoms with Crippen LogP contribution in [0.15, 0.2) is 85.5 Å². The van der Waals surface area contributed by atoms with Crippen LogP contribution >= 0.6 is 0 Å². The molecule has 0 atom stereocenters. The Labute approximate surface area is 126 Å². The van der Waals surface area contributed by atoms with Crippen molar-refractivity contribution in [2.75, 3.05) is 0 Å². The molecule has 0 unspecified atom stereocenters. The quantitative estimate of drug-likeness (QED) is 0.550. The molecule has 0 aliphatic carbocycles. The predicted octanol–water partition coefficient (Wildman–Crippen LogP) is 5.06. The Bertz CT molecular complexity index is 674. The number of rotatable bonds is 5. The topological polar surface area (TPSA) is 17.1 Å². The lowest BCUT2D eigenvalue weighted by Crippen LogP contribution is -2.00. The maximum Gasteiger partial charge on any atom is 0.193 e. The van der Waals surface area contributed by atoms with Gasteiger partial charge < -0.3 is 0 Å². The van der Waals surface area contributed by atoms with Gasteiger partial charge in [-0.3, -0.25) is 4.79 Å². The molecular formula is C20H18O. The minimum absolute atomic E-state index is 0.0414. The summed E-state index contributed by atoms with van der Waals surface area (Å²) in [6.07, 6.45) is 7.76. The summed E-state index contributed by atoms with van der Waals surface area (Å²) < 4.78 is 0. The lowest BCUT2D eigenvalue weighted by atomic mass is 9.99. The largest absolute Gasteiger partial charge is 0.289 e. The normalized spacial score (nSPS) is 11.6. The van der Waals surface area contributed by atoms with E-state index in [4.69, 9.17) is 0 Å². The van der Waals surface area contributed by atoms with Gasteiger partial charge >= 0.3 is 0 Å². The molecule has 2 aromatic rings. The molecule has 0 radical (unpaired) electrons. The summed E-state index contributed by atoms with van der Waals surface area (Å²) in [4.78, 5) is 12.3. The summed E-state index contributed by atoms with van der Waals surface area (Å²) in [6, 6.07) is 16.9. The fourth-order valence-electron chi connectivity index (χ4n) is 2.05. The number of ketones is 1. The first kappa shape index (κ1) is 14.7. The van der Waals surface area contributed by atoms with Crippen LogP contribution in [0.1, 0.15) is 28.4 Å². The van der Waals surface area contributed by atoms with Crippen molar-refractivity contribution in [3.05, 3.63) is 102 Å². The minimum Gasteiger partial charge on any atom is -0.289 e. The Morgan fingerprint density at radius 2 is 1.48 bits per heavy atom. The van der Waals surface area contributed by atoms with Gasteiger partial charge in [0.2, 0.25) is 0 Å². The predicted molar refractivity (Wildman–Crippen MR) is 89.3 cm³/mol. The number of hydrogen-bond acceptors (Lipinski definition) is 1. The van der Waals surface area contributed by atoms with Gasteiger partial charge in [-0.15, -0.1) is 0 Å². The van der Waals surface area contributed by atoms with Gasteiger partial charge in [-0.1, -0.05) is 85.5 Å². The van der Waals surface area contributed by atoms with E-state index in [-0.39, 0.29) is 5.78 Å². The Morgan fingerprint density at radius 3 is 2.05 bits per heavy atom. The standard InChI is InChI=1S/C20H18O/c1-3-5-9-16(4-2)17-12-14-19(15-13-17)20(21)18-10-7-6-8-11-18/h3-15H,2H2,1H3/b5-3-,16-9+. The summed E-state index contributed by atoms with van der Waals surface area (Å²) >= 11 is 0. The van der Waals surface area contributed by atoms with Gasteiger partial charge in [0.05, 0.1) is 0 Å². The number of carbonyl (C=O) groups is 1. The summed E-state index contributed by atoms with van der Waals surface area (Å²) in [5.41, 5.74) is 3.48. The van der Waals surface area contributed by atoms with E-state index >= 15 is 0 Å². The van der Waals surface area contributed by atoms with Crippen LogP contribution in [0.2, 0.25) is 0 Å². The van der Waals surface area contributed by atoms with Gasteiger partial charge in [0.25, 0.3) is 0 Å². The molecule has 0 heterocycles. The molecule has 1 heteroatoms. The zero-order valence-electron chi connectivity index (χ0n) is 12.1. The van der Waals surface area contributed by atoms with Gasteiger partial charge in [0, 0.05) is 11.1 Å². The van der Waals surface area contributed by atoms with Crippen LogP contribution in [0.25, 0.3) is 5.57 Å². The molecule has 2 aromatic carbocycles. The Hall–Kier alpha value is -2.67. The van der Waals surface area contributed by atoms with E-state index in [1.54, 1.807) is 0 Å². The molecule has 104 valence electrons. The summed E-state index contributed by atoms with van der Waals surface area (Å²) in [7, 11) is 0. The zero-order chi connectivity index (χ0) is 15.1. The molecule has 0 spiro atoms. The van der Waals surface area contributed by atoms with E-state index in [1.165, 1.54) is 0 Å². The third-order valence-corrected chi connectivity index (χ3v) is 3.20. The number of allylic oxidation sites excluding steroid dienone is 5. The highest BCUT2D eigenvalue weighted by molar-refractivity contribution is 6.09. The highest BCUT2D eigenvalue weighted by Gasteiger charge is 2.08. The third kappa shape index (κ3) is 3.67. The van der Waals surface area contributed by atoms with Crippen molar-refractivity contribution < 1.29 is 4.79 Å². The average Bonchev–Trinajstić information content (AvgIpc) is 2.56. The maximum absolute atomic E-state index is 12.3. The Balaban J connectivity index is 2.27. The molecule has 0 fully saturated rings. The second-order valence-corrected chi connectivity index (χ2v) is 4.62. The zero-order valence-corrected chi connectivity index (χ0v) is 12.1. The molecule has 1 nitrogen and oxygen atoms in total. The Morgan fingerprint density at radius 1 is 0.905 bits per heavy atom. The molecule has 0 aliphatic heterocycles. The highest BCUT2D eigenvalue weighted by atomic mass is 16.1. The second kappa shape index (κ2) is 7.20. The van der Waals surface area contributed by atoms with Crippen LogP contribution in [-0.4, -0.2) is 5.78 Å². The van der Waals surface area contributed by atoms with Crippen molar-refractivity contribution in [3.63, 3.8) is 0 Å². The van der Waals surface area contributed by atoms with Crippen LogP contribution in [0.4, 0.5) is 0 Å². The van der Waals surface area contributed by atoms with E-state index in [0.29, 0.717) is 11.1 Å². The fourth-order valence-corrected chi connectivity index (χ4v) is 2.05. The number of carbonyl (C=O) groups excluding carboxylic acids is 1. The molecule has 0 aliphatic rings. The van der Waals surface area contributed by atoms with Crippen molar-refractivity contribution in [2.24, 2.45) is 0 Å². The molecule has 21 heavy (non-hydrogen) atoms. The van der Waals surface area contributed by atoms with Crippen LogP contribution in [-0.2, 0) is 0 Å². The van der Waals surface area contributed by atoms with E-state index in [0.717, 1.165) is 11.1 Å². The SMILES string of the molecule is C=C/C(=C\C=C/C)c1ccc(C(=O)c2ccccc2)cc1. The third-order valence-electron chi connectivity index (χ3n) is 3.20. The van der Waals surface area contributed by atoms with Crippen molar-refractivity contribution in [1.29, 1.82) is 0 Å². The number of benzene rings is 2. The lowest BCUT2D eigenvalue weighted by molar-refractivity contribution is 0.103. The van der Waals surface area contributed by atoms with E-state index in [9.17, 15) is 4.79 Å². The first-order valence-corrected chi connectivity index (χ1v) is 6.92. The maximum atomic E-state index is 12.3. The van der Waals surface area contributed by atoms with Crippen molar-refractivity contribution in [1.82, 2.24) is 0 Å². The van der Waals surface area contributed by atoms with E-state index in [1.807, 2.05) is 85.8 Å². The van der Waals surface area contributed by atoms with E-state index < -0.39 is 0 Å². The van der Waals surface area contributed by atoms with Crippen LogP contribution in [0.5, 0.6) is 0 Å². The van der Waals surface area contributed by atoms with Gasteiger partial charge in [-0.05, 0) is 18.1 Å². The van der Waals surface area contributed by atoms with E-state index in [2.05, 4.69) is 6.58 Å². The first-order valence-electron chi connectivity index (χ1n) is 6.92. The monoisotopic (exact) mass is 274 g/mol. The molecule has 0 amide bonds. The summed E-state index contributed by atoms with van der Waals surface area (Å²) in [5.74, 6) is 0.0414. The van der Waals surface area contributed by atoms with Gasteiger partial charge in [-0.2, -0.15) is 0 Å². The van der Waals surface area contributed by atoms with Crippen molar-refractivity contribution in [3.8, 4) is 0 Å². The van der Waals surface area contributed by atoms with Gasteiger partial charge in [0.15, 0.2) is 5.78 Å². The van der Waals surface area contributed by atoms with Crippen molar-refractivity contribution in [2.45, 2.75) is 6.92 Å². The smallest absolute Gasteiger partial charge is 0.193 e. The molecule has 0 aromatic heterocycles. The molecule has 0 N–H and O–H groups in total. The van der Waals surface area contributed by atoms with Gasteiger partial charge in [-0.25, -0.2) is 0 Å². The van der Waals surface area contributed by atoms with Crippen molar-refractivity contribution >= 4 is 11.4 Å².